The number of allylic oxidation sites excluding steroid dienone is 4. The predicted molar refractivity (Wildman–Crippen MR) is 69.8 cm³/mol. The average Bonchev–Trinajstić information content (AvgIpc) is 2.41. The molecule has 0 saturated heterocycles. The van der Waals surface area contributed by atoms with Crippen LogP contribution in [-0.2, 0) is 11.3 Å². The lowest BCUT2D eigenvalue weighted by Gasteiger charge is -2.16. The zero-order valence-electron chi connectivity index (χ0n) is 10.5. The van der Waals surface area contributed by atoms with Crippen molar-refractivity contribution in [2.24, 2.45) is 0 Å². The lowest BCUT2D eigenvalue weighted by Crippen LogP contribution is -2.08. The summed E-state index contributed by atoms with van der Waals surface area (Å²) < 4.78 is 5.68. The van der Waals surface area contributed by atoms with Gasteiger partial charge < -0.3 is 9.94 Å². The number of rotatable bonds is 5. The highest BCUT2D eigenvalue weighted by atomic mass is 16.5. The van der Waals surface area contributed by atoms with E-state index in [2.05, 4.69) is 22.6 Å². The van der Waals surface area contributed by atoms with E-state index >= 15 is 0 Å². The molecule has 1 aromatic heterocycles. The van der Waals surface area contributed by atoms with E-state index in [1.54, 1.807) is 0 Å². The van der Waals surface area contributed by atoms with Crippen molar-refractivity contribution in [1.82, 2.24) is 10.5 Å². The Hall–Kier alpha value is -1.65. The third-order valence-electron chi connectivity index (χ3n) is 2.84. The van der Waals surface area contributed by atoms with Crippen LogP contribution < -0.4 is 5.48 Å². The molecule has 0 radical (unpaired) electrons. The summed E-state index contributed by atoms with van der Waals surface area (Å²) in [7, 11) is 0. The van der Waals surface area contributed by atoms with Crippen molar-refractivity contribution in [2.45, 2.75) is 26.3 Å². The van der Waals surface area contributed by atoms with Crippen LogP contribution in [0.1, 0.15) is 31.0 Å². The third-order valence-corrected chi connectivity index (χ3v) is 2.84. The molecule has 0 fully saturated rings. The summed E-state index contributed by atoms with van der Waals surface area (Å²) in [4.78, 5) is 4.29. The van der Waals surface area contributed by atoms with Crippen molar-refractivity contribution in [3.8, 4) is 0 Å². The molecule has 0 amide bonds. The van der Waals surface area contributed by atoms with Gasteiger partial charge in [0.2, 0.25) is 0 Å². The monoisotopic (exact) mass is 246 g/mol. The molecule has 4 heteroatoms. The van der Waals surface area contributed by atoms with Crippen LogP contribution in [0.4, 0.5) is 0 Å². The molecule has 18 heavy (non-hydrogen) atoms. The van der Waals surface area contributed by atoms with Crippen molar-refractivity contribution < 1.29 is 9.94 Å². The molecule has 0 aromatic carbocycles. The first kappa shape index (κ1) is 12.8. The van der Waals surface area contributed by atoms with Gasteiger partial charge in [0.1, 0.15) is 5.76 Å². The summed E-state index contributed by atoms with van der Waals surface area (Å²) in [5.41, 5.74) is 5.07. The molecule has 0 atom stereocenters. The zero-order chi connectivity index (χ0) is 12.8. The predicted octanol–water partition coefficient (Wildman–Crippen LogP) is 2.66. The Balaban J connectivity index is 2.25. The average molecular weight is 246 g/mol. The number of pyridine rings is 1. The number of hydrogen-bond donors (Lipinski definition) is 2. The Kier molecular flexibility index (Phi) is 4.50. The molecule has 1 aliphatic rings. The largest absolute Gasteiger partial charge is 0.498 e. The van der Waals surface area contributed by atoms with E-state index in [1.807, 2.05) is 25.3 Å². The first-order valence-corrected chi connectivity index (χ1v) is 6.20. The van der Waals surface area contributed by atoms with Gasteiger partial charge in [-0.15, -0.1) is 0 Å². The van der Waals surface area contributed by atoms with Gasteiger partial charge in [0.25, 0.3) is 0 Å². The number of aromatic nitrogens is 1. The molecule has 2 N–H and O–H groups in total. The van der Waals surface area contributed by atoms with Crippen LogP contribution in [0.15, 0.2) is 36.2 Å². The maximum atomic E-state index is 8.62. The van der Waals surface area contributed by atoms with Crippen LogP contribution >= 0.6 is 0 Å². The molecule has 0 saturated carbocycles. The Morgan fingerprint density at radius 2 is 2.33 bits per heavy atom. The molecule has 0 spiro atoms. The van der Waals surface area contributed by atoms with E-state index in [4.69, 9.17) is 9.94 Å². The van der Waals surface area contributed by atoms with E-state index < -0.39 is 0 Å². The van der Waals surface area contributed by atoms with Gasteiger partial charge in [-0.25, -0.2) is 0 Å². The molecule has 4 nitrogen and oxygen atoms in total. The van der Waals surface area contributed by atoms with E-state index in [9.17, 15) is 0 Å². The smallest absolute Gasteiger partial charge is 0.104 e. The minimum absolute atomic E-state index is 0.355. The Morgan fingerprint density at radius 1 is 1.44 bits per heavy atom. The first-order valence-electron chi connectivity index (χ1n) is 6.20. The van der Waals surface area contributed by atoms with E-state index in [0.717, 1.165) is 35.4 Å². The second-order valence-electron chi connectivity index (χ2n) is 4.08. The van der Waals surface area contributed by atoms with Gasteiger partial charge in [-0.1, -0.05) is 18.2 Å². The number of ether oxygens (including phenoxy) is 1. The number of nitrogens with one attached hydrogen (secondary N) is 1. The Bertz CT molecular complexity index is 449. The zero-order valence-corrected chi connectivity index (χ0v) is 10.5. The minimum Gasteiger partial charge on any atom is -0.498 e. The van der Waals surface area contributed by atoms with Crippen molar-refractivity contribution in [1.29, 1.82) is 0 Å². The van der Waals surface area contributed by atoms with Crippen molar-refractivity contribution in [3.63, 3.8) is 0 Å². The molecule has 0 bridgehead atoms. The Morgan fingerprint density at radius 3 is 3.00 bits per heavy atom. The summed E-state index contributed by atoms with van der Waals surface area (Å²) in [6.07, 6.45) is 8.03. The highest BCUT2D eigenvalue weighted by Crippen LogP contribution is 2.27. The van der Waals surface area contributed by atoms with Crippen LogP contribution in [0.3, 0.4) is 0 Å². The van der Waals surface area contributed by atoms with Gasteiger partial charge in [-0.2, -0.15) is 5.48 Å². The van der Waals surface area contributed by atoms with Gasteiger partial charge in [-0.3, -0.25) is 4.98 Å². The lowest BCUT2D eigenvalue weighted by atomic mass is 9.99. The Labute approximate surface area is 107 Å². The fraction of sp³-hybridized carbons (Fsp3) is 0.357. The van der Waals surface area contributed by atoms with E-state index in [1.165, 1.54) is 0 Å². The molecule has 1 aliphatic carbocycles. The number of hydrogen-bond acceptors (Lipinski definition) is 4. The third kappa shape index (κ3) is 2.97. The molecular formula is C14H18N2O2. The molecule has 1 heterocycles. The van der Waals surface area contributed by atoms with Crippen LogP contribution in [0, 0.1) is 0 Å². The van der Waals surface area contributed by atoms with Crippen molar-refractivity contribution in [3.05, 3.63) is 47.5 Å². The highest BCUT2D eigenvalue weighted by Gasteiger charge is 2.11. The molecule has 0 unspecified atom stereocenters. The standard InChI is InChI=1S/C14H18N2O2/c1-2-18-14-6-4-3-5-13(14)11-7-8-12(10-16-17)15-9-11/h3,5,7-9,16-17H,2,4,6,10H2,1H3. The fourth-order valence-corrected chi connectivity index (χ4v) is 1.99. The number of nitrogens with zero attached hydrogens (tertiary/aromatic N) is 1. The normalized spacial score (nSPS) is 15.0. The van der Waals surface area contributed by atoms with Gasteiger partial charge in [0, 0.05) is 23.8 Å². The quantitative estimate of drug-likeness (QED) is 0.784. The van der Waals surface area contributed by atoms with Gasteiger partial charge in [-0.05, 0) is 19.4 Å². The minimum atomic E-state index is 0.355. The van der Waals surface area contributed by atoms with E-state index in [-0.39, 0.29) is 0 Å². The fourth-order valence-electron chi connectivity index (χ4n) is 1.99. The van der Waals surface area contributed by atoms with Gasteiger partial charge >= 0.3 is 0 Å². The van der Waals surface area contributed by atoms with Crippen molar-refractivity contribution in [2.75, 3.05) is 6.61 Å². The van der Waals surface area contributed by atoms with Crippen LogP contribution in [0.25, 0.3) is 5.57 Å². The topological polar surface area (TPSA) is 54.4 Å². The molecule has 96 valence electrons. The summed E-state index contributed by atoms with van der Waals surface area (Å²) in [6.45, 7) is 3.04. The summed E-state index contributed by atoms with van der Waals surface area (Å²) in [6, 6.07) is 3.90. The lowest BCUT2D eigenvalue weighted by molar-refractivity contribution is 0.160. The summed E-state index contributed by atoms with van der Waals surface area (Å²) in [5.74, 6) is 1.04. The molecular weight excluding hydrogens is 228 g/mol. The second-order valence-corrected chi connectivity index (χ2v) is 4.08. The summed E-state index contributed by atoms with van der Waals surface area (Å²) >= 11 is 0. The molecule has 1 aromatic rings. The van der Waals surface area contributed by atoms with Gasteiger partial charge in [0.15, 0.2) is 0 Å². The summed E-state index contributed by atoms with van der Waals surface area (Å²) in [5, 5.41) is 8.62. The first-order chi connectivity index (χ1) is 8.85. The highest BCUT2D eigenvalue weighted by molar-refractivity contribution is 5.76. The number of hydroxylamine groups is 1. The van der Waals surface area contributed by atoms with Crippen LogP contribution in [0.5, 0.6) is 0 Å². The van der Waals surface area contributed by atoms with Crippen LogP contribution in [0.2, 0.25) is 0 Å². The van der Waals surface area contributed by atoms with E-state index in [0.29, 0.717) is 13.2 Å². The molecule has 0 aliphatic heterocycles. The second kappa shape index (κ2) is 6.33. The van der Waals surface area contributed by atoms with Crippen molar-refractivity contribution >= 4 is 5.57 Å². The maximum Gasteiger partial charge on any atom is 0.104 e. The maximum absolute atomic E-state index is 8.62. The van der Waals surface area contributed by atoms with Crippen LogP contribution in [-0.4, -0.2) is 16.8 Å². The molecule has 2 rings (SSSR count). The SMILES string of the molecule is CCOC1=C(c2ccc(CNO)nc2)C=CCC1. The van der Waals surface area contributed by atoms with Gasteiger partial charge in [0.05, 0.1) is 18.8 Å².